The predicted molar refractivity (Wildman–Crippen MR) is 71.2 cm³/mol. The summed E-state index contributed by atoms with van der Waals surface area (Å²) in [6, 6.07) is 0.299. The van der Waals surface area contributed by atoms with Crippen LogP contribution in [-0.2, 0) is 0 Å². The maximum absolute atomic E-state index is 11.4. The average Bonchev–Trinajstić information content (AvgIpc) is 2.36. The Labute approximate surface area is 109 Å². The molecule has 2 unspecified atom stereocenters. The van der Waals surface area contributed by atoms with Crippen molar-refractivity contribution >= 4 is 21.7 Å². The van der Waals surface area contributed by atoms with E-state index in [4.69, 9.17) is 0 Å². The Bertz CT molecular complexity index is 428. The highest BCUT2D eigenvalue weighted by Crippen LogP contribution is 2.20. The Kier molecular flexibility index (Phi) is 4.17. The number of nitrogens with one attached hydrogen (secondary N) is 3. The molecule has 1 saturated heterocycles. The molecule has 0 bridgehead atoms. The molecule has 0 aromatic carbocycles. The second-order valence-electron chi connectivity index (χ2n) is 4.43. The van der Waals surface area contributed by atoms with Gasteiger partial charge in [-0.25, -0.2) is 4.98 Å². The maximum atomic E-state index is 11.4. The molecule has 1 fully saturated rings. The number of hydrogen-bond acceptors (Lipinski definition) is 4. The smallest absolute Gasteiger partial charge is 0.267 e. The molecule has 17 heavy (non-hydrogen) atoms. The molecule has 3 N–H and O–H groups in total. The van der Waals surface area contributed by atoms with Crippen molar-refractivity contribution in [2.75, 3.05) is 18.4 Å². The third-order valence-electron chi connectivity index (χ3n) is 3.20. The molecular formula is C11H17BrN4O. The van der Waals surface area contributed by atoms with Crippen LogP contribution >= 0.6 is 15.9 Å². The van der Waals surface area contributed by atoms with Crippen molar-refractivity contribution in [3.8, 4) is 0 Å². The number of H-pyrrole nitrogens is 1. The summed E-state index contributed by atoms with van der Waals surface area (Å²) in [6.07, 6.45) is 3.84. The maximum Gasteiger partial charge on any atom is 0.267 e. The number of aromatic amines is 1. The van der Waals surface area contributed by atoms with Gasteiger partial charge in [0.05, 0.1) is 6.33 Å². The molecule has 0 spiro atoms. The molecule has 0 radical (unpaired) electrons. The van der Waals surface area contributed by atoms with Crippen LogP contribution in [0.4, 0.5) is 5.82 Å². The molecule has 2 rings (SSSR count). The molecule has 1 aliphatic heterocycles. The Hall–Kier alpha value is -0.880. The van der Waals surface area contributed by atoms with E-state index in [-0.39, 0.29) is 5.56 Å². The summed E-state index contributed by atoms with van der Waals surface area (Å²) < 4.78 is 0.468. The lowest BCUT2D eigenvalue weighted by Crippen LogP contribution is -2.39. The number of halogens is 1. The SMILES string of the molecule is CC(Nc1nc[nH]c(=O)c1Br)C1CCCNC1. The lowest BCUT2D eigenvalue weighted by atomic mass is 9.93. The molecule has 1 aliphatic rings. The molecule has 94 valence electrons. The van der Waals surface area contributed by atoms with Gasteiger partial charge >= 0.3 is 0 Å². The second-order valence-corrected chi connectivity index (χ2v) is 5.23. The highest BCUT2D eigenvalue weighted by atomic mass is 79.9. The Morgan fingerprint density at radius 1 is 1.65 bits per heavy atom. The van der Waals surface area contributed by atoms with Crippen LogP contribution in [-0.4, -0.2) is 29.1 Å². The largest absolute Gasteiger partial charge is 0.366 e. The van der Waals surface area contributed by atoms with Gasteiger partial charge in [-0.1, -0.05) is 0 Å². The molecule has 6 heteroatoms. The number of anilines is 1. The molecule has 2 heterocycles. The van der Waals surface area contributed by atoms with E-state index < -0.39 is 0 Å². The van der Waals surface area contributed by atoms with Crippen LogP contribution in [0.5, 0.6) is 0 Å². The van der Waals surface area contributed by atoms with E-state index in [1.165, 1.54) is 19.2 Å². The van der Waals surface area contributed by atoms with Gasteiger partial charge in [0.1, 0.15) is 10.3 Å². The number of aromatic nitrogens is 2. The van der Waals surface area contributed by atoms with E-state index in [1.54, 1.807) is 0 Å². The predicted octanol–water partition coefficient (Wildman–Crippen LogP) is 1.33. The van der Waals surface area contributed by atoms with E-state index in [2.05, 4.69) is 43.5 Å². The van der Waals surface area contributed by atoms with E-state index in [0.29, 0.717) is 22.3 Å². The summed E-state index contributed by atoms with van der Waals surface area (Å²) >= 11 is 3.25. The summed E-state index contributed by atoms with van der Waals surface area (Å²) in [7, 11) is 0. The Morgan fingerprint density at radius 2 is 2.47 bits per heavy atom. The molecular weight excluding hydrogens is 284 g/mol. The first-order valence-electron chi connectivity index (χ1n) is 5.89. The number of rotatable bonds is 3. The highest BCUT2D eigenvalue weighted by Gasteiger charge is 2.20. The quantitative estimate of drug-likeness (QED) is 0.788. The standard InChI is InChI=1S/C11H17BrN4O/c1-7(8-3-2-4-13-5-8)16-10-9(12)11(17)15-6-14-10/h6-8,13H,2-5H2,1H3,(H2,14,15,16,17). The Balaban J connectivity index is 2.04. The van der Waals surface area contributed by atoms with Gasteiger partial charge in [0, 0.05) is 6.04 Å². The van der Waals surface area contributed by atoms with Crippen LogP contribution < -0.4 is 16.2 Å². The van der Waals surface area contributed by atoms with Gasteiger partial charge in [-0.15, -0.1) is 0 Å². The van der Waals surface area contributed by atoms with Crippen molar-refractivity contribution in [2.45, 2.75) is 25.8 Å². The van der Waals surface area contributed by atoms with Crippen LogP contribution in [0.25, 0.3) is 0 Å². The summed E-state index contributed by atoms with van der Waals surface area (Å²) in [4.78, 5) is 18.1. The van der Waals surface area contributed by atoms with Gasteiger partial charge in [0.15, 0.2) is 0 Å². The van der Waals surface area contributed by atoms with E-state index in [9.17, 15) is 4.79 Å². The lowest BCUT2D eigenvalue weighted by Gasteiger charge is -2.29. The second kappa shape index (κ2) is 5.64. The fourth-order valence-electron chi connectivity index (χ4n) is 2.12. The zero-order chi connectivity index (χ0) is 12.3. The van der Waals surface area contributed by atoms with Crippen molar-refractivity contribution in [1.29, 1.82) is 0 Å². The van der Waals surface area contributed by atoms with Crippen molar-refractivity contribution in [3.63, 3.8) is 0 Å². The molecule has 0 aliphatic carbocycles. The topological polar surface area (TPSA) is 69.8 Å². The first kappa shape index (κ1) is 12.6. The normalized spacial score (nSPS) is 22.1. The van der Waals surface area contributed by atoms with Crippen molar-refractivity contribution in [1.82, 2.24) is 15.3 Å². The van der Waals surface area contributed by atoms with Gasteiger partial charge in [-0.2, -0.15) is 0 Å². The number of hydrogen-bond donors (Lipinski definition) is 3. The molecule has 5 nitrogen and oxygen atoms in total. The van der Waals surface area contributed by atoms with Gasteiger partial charge < -0.3 is 15.6 Å². The lowest BCUT2D eigenvalue weighted by molar-refractivity contribution is 0.346. The molecule has 2 atom stereocenters. The van der Waals surface area contributed by atoms with Crippen molar-refractivity contribution in [3.05, 3.63) is 21.2 Å². The first-order chi connectivity index (χ1) is 8.18. The van der Waals surface area contributed by atoms with Crippen LogP contribution in [0.15, 0.2) is 15.6 Å². The van der Waals surface area contributed by atoms with Crippen LogP contribution in [0.1, 0.15) is 19.8 Å². The van der Waals surface area contributed by atoms with Crippen molar-refractivity contribution < 1.29 is 0 Å². The molecule has 0 amide bonds. The minimum Gasteiger partial charge on any atom is -0.366 e. The minimum absolute atomic E-state index is 0.156. The Morgan fingerprint density at radius 3 is 3.18 bits per heavy atom. The fourth-order valence-corrected chi connectivity index (χ4v) is 2.45. The zero-order valence-electron chi connectivity index (χ0n) is 9.79. The van der Waals surface area contributed by atoms with Gasteiger partial charge in [0.25, 0.3) is 5.56 Å². The summed E-state index contributed by atoms with van der Waals surface area (Å²) in [5, 5.41) is 6.69. The van der Waals surface area contributed by atoms with Gasteiger partial charge in [0.2, 0.25) is 0 Å². The third-order valence-corrected chi connectivity index (χ3v) is 3.94. The van der Waals surface area contributed by atoms with E-state index in [1.807, 2.05) is 0 Å². The number of nitrogens with zero attached hydrogens (tertiary/aromatic N) is 1. The fraction of sp³-hybridized carbons (Fsp3) is 0.636. The van der Waals surface area contributed by atoms with Gasteiger partial charge in [-0.05, 0) is 54.7 Å². The van der Waals surface area contributed by atoms with Crippen LogP contribution in [0, 0.1) is 5.92 Å². The zero-order valence-corrected chi connectivity index (χ0v) is 11.4. The molecule has 0 saturated carbocycles. The van der Waals surface area contributed by atoms with E-state index >= 15 is 0 Å². The molecule has 1 aromatic heterocycles. The first-order valence-corrected chi connectivity index (χ1v) is 6.68. The minimum atomic E-state index is -0.156. The summed E-state index contributed by atoms with van der Waals surface area (Å²) in [6.45, 7) is 4.26. The number of piperidine rings is 1. The molecule has 1 aromatic rings. The average molecular weight is 301 g/mol. The van der Waals surface area contributed by atoms with E-state index in [0.717, 1.165) is 13.1 Å². The summed E-state index contributed by atoms with van der Waals surface area (Å²) in [5.41, 5.74) is -0.156. The van der Waals surface area contributed by atoms with Gasteiger partial charge in [-0.3, -0.25) is 4.79 Å². The monoisotopic (exact) mass is 300 g/mol. The van der Waals surface area contributed by atoms with Crippen LogP contribution in [0.3, 0.4) is 0 Å². The van der Waals surface area contributed by atoms with Crippen LogP contribution in [0.2, 0.25) is 0 Å². The highest BCUT2D eigenvalue weighted by molar-refractivity contribution is 9.10. The van der Waals surface area contributed by atoms with Crippen molar-refractivity contribution in [2.24, 2.45) is 5.92 Å². The summed E-state index contributed by atoms with van der Waals surface area (Å²) in [5.74, 6) is 1.20. The third kappa shape index (κ3) is 3.07.